The van der Waals surface area contributed by atoms with Crippen molar-refractivity contribution in [3.05, 3.63) is 65.5 Å². The molecule has 1 unspecified atom stereocenters. The summed E-state index contributed by atoms with van der Waals surface area (Å²) in [6, 6.07) is 14.5. The summed E-state index contributed by atoms with van der Waals surface area (Å²) in [7, 11) is 1.59. The first-order valence-corrected chi connectivity index (χ1v) is 13.1. The van der Waals surface area contributed by atoms with Crippen molar-refractivity contribution in [3.63, 3.8) is 0 Å². The molecule has 36 heavy (non-hydrogen) atoms. The minimum absolute atomic E-state index is 0.0791. The van der Waals surface area contributed by atoms with Crippen LogP contribution >= 0.6 is 11.8 Å². The van der Waals surface area contributed by atoms with E-state index in [0.717, 1.165) is 11.3 Å². The minimum Gasteiger partial charge on any atom is -0.497 e. The monoisotopic (exact) mass is 509 g/mol. The van der Waals surface area contributed by atoms with Gasteiger partial charge in [0.05, 0.1) is 18.9 Å². The number of rotatable bonds is 11. The molecule has 2 aromatic carbocycles. The predicted molar refractivity (Wildman–Crippen MR) is 144 cm³/mol. The summed E-state index contributed by atoms with van der Waals surface area (Å²) in [5, 5.41) is 15.5. The Labute approximate surface area is 217 Å². The molecule has 1 heterocycles. The number of thioether (sulfide) groups is 1. The van der Waals surface area contributed by atoms with Crippen molar-refractivity contribution in [2.45, 2.75) is 58.3 Å². The first-order chi connectivity index (χ1) is 17.2. The number of aromatic nitrogens is 3. The van der Waals surface area contributed by atoms with Crippen LogP contribution in [0.25, 0.3) is 0 Å². The third-order valence-corrected chi connectivity index (χ3v) is 6.80. The molecule has 0 radical (unpaired) electrons. The number of methoxy groups -OCH3 is 1. The Hall–Kier alpha value is -3.33. The molecule has 0 saturated carbocycles. The van der Waals surface area contributed by atoms with Gasteiger partial charge in [0, 0.05) is 17.8 Å². The highest BCUT2D eigenvalue weighted by Gasteiger charge is 2.26. The lowest BCUT2D eigenvalue weighted by molar-refractivity contribution is -0.113. The molecule has 3 rings (SSSR count). The van der Waals surface area contributed by atoms with Crippen LogP contribution in [0.5, 0.6) is 5.75 Å². The topological polar surface area (TPSA) is 98.1 Å². The van der Waals surface area contributed by atoms with Crippen LogP contribution in [0.4, 0.5) is 5.69 Å². The molecule has 0 spiro atoms. The highest BCUT2D eigenvalue weighted by Crippen LogP contribution is 2.27. The van der Waals surface area contributed by atoms with Crippen LogP contribution in [0, 0.1) is 5.92 Å². The van der Waals surface area contributed by atoms with E-state index in [1.54, 1.807) is 31.4 Å². The Morgan fingerprint density at radius 3 is 2.33 bits per heavy atom. The number of carbonyl (C=O) groups excluding carboxylic acids is 2. The van der Waals surface area contributed by atoms with E-state index in [2.05, 4.69) is 34.7 Å². The number of para-hydroxylation sites is 1. The second-order valence-electron chi connectivity index (χ2n) is 9.09. The summed E-state index contributed by atoms with van der Waals surface area (Å²) < 4.78 is 7.13. The molecule has 2 N–H and O–H groups in total. The standard InChI is InChI=1S/C27H35N5O3S/c1-7-32-25(24(18(4)5)29-26(34)19-12-14-20(35-6)15-13-19)30-31-27(32)36-16-23(33)28-22-11-9-8-10-21(22)17(2)3/h8-15,17-18,24H,7,16H2,1-6H3,(H,28,33)(H,29,34). The lowest BCUT2D eigenvalue weighted by atomic mass is 10.0. The van der Waals surface area contributed by atoms with E-state index in [1.165, 1.54) is 11.8 Å². The Morgan fingerprint density at radius 1 is 1.03 bits per heavy atom. The highest BCUT2D eigenvalue weighted by molar-refractivity contribution is 7.99. The number of amides is 2. The molecular formula is C27H35N5O3S. The third-order valence-electron chi connectivity index (χ3n) is 5.83. The molecule has 0 bridgehead atoms. The van der Waals surface area contributed by atoms with E-state index in [9.17, 15) is 9.59 Å². The molecule has 8 nitrogen and oxygen atoms in total. The Balaban J connectivity index is 1.71. The number of hydrogen-bond donors (Lipinski definition) is 2. The van der Waals surface area contributed by atoms with Crippen molar-refractivity contribution >= 4 is 29.3 Å². The Kier molecular flexibility index (Phi) is 9.52. The smallest absolute Gasteiger partial charge is 0.251 e. The van der Waals surface area contributed by atoms with Crippen LogP contribution in [-0.2, 0) is 11.3 Å². The van der Waals surface area contributed by atoms with E-state index >= 15 is 0 Å². The fraction of sp³-hybridized carbons (Fsp3) is 0.407. The summed E-state index contributed by atoms with van der Waals surface area (Å²) in [5.74, 6) is 1.65. The SMILES string of the molecule is CCn1c(SCC(=O)Nc2ccccc2C(C)C)nnc1C(NC(=O)c1ccc(OC)cc1)C(C)C. The zero-order valence-corrected chi connectivity index (χ0v) is 22.6. The number of ether oxygens (including phenoxy) is 1. The van der Waals surface area contributed by atoms with E-state index in [-0.39, 0.29) is 29.5 Å². The van der Waals surface area contributed by atoms with Crippen molar-refractivity contribution in [1.29, 1.82) is 0 Å². The summed E-state index contributed by atoms with van der Waals surface area (Å²) in [6.07, 6.45) is 0. The lowest BCUT2D eigenvalue weighted by Crippen LogP contribution is -2.33. The number of benzene rings is 2. The first-order valence-electron chi connectivity index (χ1n) is 12.1. The van der Waals surface area contributed by atoms with Crippen molar-refractivity contribution in [3.8, 4) is 5.75 Å². The molecule has 9 heteroatoms. The van der Waals surface area contributed by atoms with Gasteiger partial charge in [-0.05, 0) is 54.7 Å². The fourth-order valence-electron chi connectivity index (χ4n) is 3.86. The van der Waals surface area contributed by atoms with Crippen LogP contribution in [0.3, 0.4) is 0 Å². The fourth-order valence-corrected chi connectivity index (χ4v) is 4.67. The molecular weight excluding hydrogens is 474 g/mol. The van der Waals surface area contributed by atoms with Crippen molar-refractivity contribution < 1.29 is 14.3 Å². The van der Waals surface area contributed by atoms with Crippen molar-refractivity contribution in [2.75, 3.05) is 18.2 Å². The molecule has 1 atom stereocenters. The van der Waals surface area contributed by atoms with E-state index < -0.39 is 0 Å². The van der Waals surface area contributed by atoms with Gasteiger partial charge in [0.2, 0.25) is 5.91 Å². The van der Waals surface area contributed by atoms with Gasteiger partial charge in [-0.2, -0.15) is 0 Å². The van der Waals surface area contributed by atoms with Crippen molar-refractivity contribution in [2.24, 2.45) is 5.92 Å². The minimum atomic E-state index is -0.340. The van der Waals surface area contributed by atoms with Gasteiger partial charge in [-0.15, -0.1) is 10.2 Å². The van der Waals surface area contributed by atoms with Gasteiger partial charge < -0.3 is 19.9 Å². The average molecular weight is 510 g/mol. The largest absolute Gasteiger partial charge is 0.497 e. The maximum atomic E-state index is 12.9. The van der Waals surface area contributed by atoms with E-state index in [1.807, 2.05) is 49.6 Å². The van der Waals surface area contributed by atoms with Gasteiger partial charge in [0.1, 0.15) is 5.75 Å². The molecule has 2 amide bonds. The number of carbonyl (C=O) groups is 2. The molecule has 1 aromatic heterocycles. The summed E-state index contributed by atoms with van der Waals surface area (Å²) >= 11 is 1.33. The average Bonchev–Trinajstić information content (AvgIpc) is 3.28. The second-order valence-corrected chi connectivity index (χ2v) is 10.0. The van der Waals surface area contributed by atoms with E-state index in [4.69, 9.17) is 4.74 Å². The van der Waals surface area contributed by atoms with Gasteiger partial charge >= 0.3 is 0 Å². The molecule has 0 saturated heterocycles. The maximum absolute atomic E-state index is 12.9. The van der Waals surface area contributed by atoms with Gasteiger partial charge in [-0.1, -0.05) is 57.7 Å². The summed E-state index contributed by atoms with van der Waals surface area (Å²) in [6.45, 7) is 10.9. The summed E-state index contributed by atoms with van der Waals surface area (Å²) in [4.78, 5) is 25.6. The zero-order valence-electron chi connectivity index (χ0n) is 21.7. The van der Waals surface area contributed by atoms with Gasteiger partial charge in [-0.3, -0.25) is 9.59 Å². The number of nitrogens with zero attached hydrogens (tertiary/aromatic N) is 3. The summed E-state index contributed by atoms with van der Waals surface area (Å²) in [5.41, 5.74) is 2.47. The van der Waals surface area contributed by atoms with Crippen LogP contribution in [0.1, 0.15) is 68.3 Å². The molecule has 0 fully saturated rings. The highest BCUT2D eigenvalue weighted by atomic mass is 32.2. The van der Waals surface area contributed by atoms with E-state index in [0.29, 0.717) is 34.8 Å². The Morgan fingerprint density at radius 2 is 1.72 bits per heavy atom. The molecule has 192 valence electrons. The van der Waals surface area contributed by atoms with Crippen LogP contribution in [0.15, 0.2) is 53.7 Å². The maximum Gasteiger partial charge on any atom is 0.251 e. The predicted octanol–water partition coefficient (Wildman–Crippen LogP) is 5.29. The zero-order chi connectivity index (χ0) is 26.2. The molecule has 0 aliphatic rings. The van der Waals surface area contributed by atoms with Gasteiger partial charge in [0.25, 0.3) is 5.91 Å². The Bertz CT molecular complexity index is 1170. The molecule has 0 aliphatic carbocycles. The van der Waals surface area contributed by atoms with Gasteiger partial charge in [-0.25, -0.2) is 0 Å². The first kappa shape index (κ1) is 27.3. The van der Waals surface area contributed by atoms with Crippen LogP contribution in [-0.4, -0.2) is 39.4 Å². The second kappa shape index (κ2) is 12.6. The number of nitrogens with one attached hydrogen (secondary N) is 2. The van der Waals surface area contributed by atoms with Crippen LogP contribution < -0.4 is 15.4 Å². The molecule has 3 aromatic rings. The lowest BCUT2D eigenvalue weighted by Gasteiger charge is -2.22. The molecule has 0 aliphatic heterocycles. The number of hydrogen-bond acceptors (Lipinski definition) is 6. The van der Waals surface area contributed by atoms with Crippen LogP contribution in [0.2, 0.25) is 0 Å². The quantitative estimate of drug-likeness (QED) is 0.341. The third kappa shape index (κ3) is 6.66. The van der Waals surface area contributed by atoms with Gasteiger partial charge in [0.15, 0.2) is 11.0 Å². The van der Waals surface area contributed by atoms with Crippen molar-refractivity contribution in [1.82, 2.24) is 20.1 Å². The number of anilines is 1. The normalized spacial score (nSPS) is 12.0.